The van der Waals surface area contributed by atoms with Crippen LogP contribution in [0.4, 0.5) is 10.1 Å². The van der Waals surface area contributed by atoms with Crippen molar-refractivity contribution in [3.8, 4) is 0 Å². The SMILES string of the molecule is CC1CNCC[C@@H]2c3cc(S(=O)(=O)c4ccc(F)cc4)ccc3NC12. The highest BCUT2D eigenvalue weighted by Gasteiger charge is 2.37. The number of benzene rings is 2. The molecule has 1 saturated heterocycles. The van der Waals surface area contributed by atoms with Crippen molar-refractivity contribution in [2.45, 2.75) is 35.1 Å². The van der Waals surface area contributed by atoms with Gasteiger partial charge in [0.2, 0.25) is 9.84 Å². The van der Waals surface area contributed by atoms with Crippen LogP contribution in [0, 0.1) is 11.7 Å². The van der Waals surface area contributed by atoms with Crippen LogP contribution in [0.3, 0.4) is 0 Å². The van der Waals surface area contributed by atoms with Gasteiger partial charge in [-0.2, -0.15) is 0 Å². The van der Waals surface area contributed by atoms with Gasteiger partial charge in [-0.1, -0.05) is 6.92 Å². The number of nitrogens with one attached hydrogen (secondary N) is 2. The zero-order valence-electron chi connectivity index (χ0n) is 14.0. The minimum absolute atomic E-state index is 0.118. The number of fused-ring (bicyclic) bond motifs is 3. The Hall–Kier alpha value is -1.92. The van der Waals surface area contributed by atoms with Crippen LogP contribution >= 0.6 is 0 Å². The number of anilines is 1. The third-order valence-electron chi connectivity index (χ3n) is 5.32. The highest BCUT2D eigenvalue weighted by atomic mass is 32.2. The third-order valence-corrected chi connectivity index (χ3v) is 7.09. The van der Waals surface area contributed by atoms with Crippen molar-refractivity contribution in [2.24, 2.45) is 5.92 Å². The second kappa shape index (κ2) is 6.11. The summed E-state index contributed by atoms with van der Waals surface area (Å²) in [6, 6.07) is 10.6. The Morgan fingerprint density at radius 1 is 1.08 bits per heavy atom. The van der Waals surface area contributed by atoms with Crippen LogP contribution in [-0.4, -0.2) is 27.5 Å². The molecule has 0 amide bonds. The van der Waals surface area contributed by atoms with Gasteiger partial charge in [-0.3, -0.25) is 0 Å². The molecule has 2 aromatic carbocycles. The molecule has 2 aromatic rings. The predicted molar refractivity (Wildman–Crippen MR) is 95.1 cm³/mol. The quantitative estimate of drug-likeness (QED) is 0.808. The summed E-state index contributed by atoms with van der Waals surface area (Å²) < 4.78 is 38.9. The van der Waals surface area contributed by atoms with Gasteiger partial charge in [0.15, 0.2) is 0 Å². The van der Waals surface area contributed by atoms with Gasteiger partial charge in [0, 0.05) is 17.6 Å². The van der Waals surface area contributed by atoms with E-state index in [1.54, 1.807) is 12.1 Å². The van der Waals surface area contributed by atoms with Gasteiger partial charge >= 0.3 is 0 Å². The first-order valence-electron chi connectivity index (χ1n) is 8.58. The van der Waals surface area contributed by atoms with Crippen molar-refractivity contribution in [1.82, 2.24) is 5.32 Å². The average Bonchev–Trinajstić information content (AvgIpc) is 2.87. The Morgan fingerprint density at radius 3 is 2.56 bits per heavy atom. The second-order valence-electron chi connectivity index (χ2n) is 6.95. The maximum atomic E-state index is 13.1. The molecule has 2 unspecified atom stereocenters. The Morgan fingerprint density at radius 2 is 1.80 bits per heavy atom. The Balaban J connectivity index is 1.74. The molecule has 2 aliphatic rings. The minimum atomic E-state index is -3.65. The number of rotatable bonds is 2. The number of sulfone groups is 1. The van der Waals surface area contributed by atoms with E-state index in [0.29, 0.717) is 17.9 Å². The van der Waals surface area contributed by atoms with E-state index in [2.05, 4.69) is 17.6 Å². The first-order chi connectivity index (χ1) is 12.0. The number of hydrogen-bond acceptors (Lipinski definition) is 4. The summed E-state index contributed by atoms with van der Waals surface area (Å²) in [5.74, 6) is 0.334. The van der Waals surface area contributed by atoms with Gasteiger partial charge in [0.05, 0.1) is 9.79 Å². The molecule has 2 N–H and O–H groups in total. The van der Waals surface area contributed by atoms with E-state index in [-0.39, 0.29) is 9.79 Å². The lowest BCUT2D eigenvalue weighted by Gasteiger charge is -2.22. The second-order valence-corrected chi connectivity index (χ2v) is 8.90. The lowest BCUT2D eigenvalue weighted by Crippen LogP contribution is -2.31. The molecule has 6 heteroatoms. The molecular weight excluding hydrogens is 339 g/mol. The van der Waals surface area contributed by atoms with Crippen LogP contribution in [-0.2, 0) is 9.84 Å². The molecule has 4 rings (SSSR count). The minimum Gasteiger partial charge on any atom is -0.381 e. The molecule has 1 fully saturated rings. The lowest BCUT2D eigenvalue weighted by molar-refractivity contribution is 0.454. The lowest BCUT2D eigenvalue weighted by atomic mass is 9.87. The Kier molecular flexibility index (Phi) is 4.04. The molecule has 0 spiro atoms. The summed E-state index contributed by atoms with van der Waals surface area (Å²) in [5.41, 5.74) is 2.10. The third kappa shape index (κ3) is 2.83. The van der Waals surface area contributed by atoms with Crippen molar-refractivity contribution in [2.75, 3.05) is 18.4 Å². The predicted octanol–water partition coefficient (Wildman–Crippen LogP) is 3.17. The smallest absolute Gasteiger partial charge is 0.206 e. The standard InChI is InChI=1S/C19H21FN2O2S/c1-12-11-21-9-8-16-17-10-15(6-7-18(17)22-19(12)16)25(23,24)14-4-2-13(20)3-5-14/h2-7,10,12,16,19,21-22H,8-9,11H2,1H3/t12?,16-,19?/m1/s1. The van der Waals surface area contributed by atoms with Crippen molar-refractivity contribution in [3.63, 3.8) is 0 Å². The first kappa shape index (κ1) is 16.5. The van der Waals surface area contributed by atoms with Crippen LogP contribution in [0.25, 0.3) is 0 Å². The normalized spacial score (nSPS) is 25.6. The first-order valence-corrected chi connectivity index (χ1v) is 10.1. The van der Waals surface area contributed by atoms with Crippen molar-refractivity contribution in [1.29, 1.82) is 0 Å². The molecule has 0 bridgehead atoms. The Bertz CT molecular complexity index is 896. The summed E-state index contributed by atoms with van der Waals surface area (Å²) in [6.07, 6.45) is 0.981. The Labute approximate surface area is 147 Å². The molecule has 2 heterocycles. The van der Waals surface area contributed by atoms with E-state index in [1.165, 1.54) is 24.3 Å². The van der Waals surface area contributed by atoms with E-state index in [9.17, 15) is 12.8 Å². The average molecular weight is 360 g/mol. The van der Waals surface area contributed by atoms with Crippen LogP contribution in [0.2, 0.25) is 0 Å². The summed E-state index contributed by atoms with van der Waals surface area (Å²) in [4.78, 5) is 0.387. The molecule has 0 radical (unpaired) electrons. The fraction of sp³-hybridized carbons (Fsp3) is 0.368. The van der Waals surface area contributed by atoms with E-state index < -0.39 is 15.7 Å². The highest BCUT2D eigenvalue weighted by molar-refractivity contribution is 7.91. The molecule has 4 nitrogen and oxygen atoms in total. The van der Waals surface area contributed by atoms with Crippen LogP contribution < -0.4 is 10.6 Å². The molecule has 0 saturated carbocycles. The summed E-state index contributed by atoms with van der Waals surface area (Å²) >= 11 is 0. The highest BCUT2D eigenvalue weighted by Crippen LogP contribution is 2.43. The van der Waals surface area contributed by atoms with Crippen molar-refractivity contribution >= 4 is 15.5 Å². The monoisotopic (exact) mass is 360 g/mol. The number of hydrogen-bond donors (Lipinski definition) is 2. The molecule has 0 aliphatic carbocycles. The van der Waals surface area contributed by atoms with Gasteiger partial charge in [-0.25, -0.2) is 12.8 Å². The molecule has 25 heavy (non-hydrogen) atoms. The summed E-state index contributed by atoms with van der Waals surface area (Å²) in [7, 11) is -3.65. The summed E-state index contributed by atoms with van der Waals surface area (Å²) in [6.45, 7) is 4.11. The van der Waals surface area contributed by atoms with Crippen LogP contribution in [0.1, 0.15) is 24.8 Å². The zero-order chi connectivity index (χ0) is 17.6. The van der Waals surface area contributed by atoms with Gasteiger partial charge < -0.3 is 10.6 Å². The maximum Gasteiger partial charge on any atom is 0.206 e. The van der Waals surface area contributed by atoms with Crippen molar-refractivity contribution in [3.05, 3.63) is 53.8 Å². The van der Waals surface area contributed by atoms with E-state index in [1.807, 2.05) is 6.07 Å². The molecular formula is C19H21FN2O2S. The topological polar surface area (TPSA) is 58.2 Å². The molecule has 2 aliphatic heterocycles. The van der Waals surface area contributed by atoms with Crippen LogP contribution in [0.15, 0.2) is 52.3 Å². The van der Waals surface area contributed by atoms with E-state index in [4.69, 9.17) is 0 Å². The molecule has 132 valence electrons. The zero-order valence-corrected chi connectivity index (χ0v) is 14.8. The van der Waals surface area contributed by atoms with Gasteiger partial charge in [-0.15, -0.1) is 0 Å². The molecule has 0 aromatic heterocycles. The van der Waals surface area contributed by atoms with E-state index in [0.717, 1.165) is 30.8 Å². The van der Waals surface area contributed by atoms with Crippen LogP contribution in [0.5, 0.6) is 0 Å². The fourth-order valence-corrected chi connectivity index (χ4v) is 5.25. The van der Waals surface area contributed by atoms with Gasteiger partial charge in [0.1, 0.15) is 5.82 Å². The van der Waals surface area contributed by atoms with Gasteiger partial charge in [-0.05, 0) is 73.5 Å². The largest absolute Gasteiger partial charge is 0.381 e. The van der Waals surface area contributed by atoms with E-state index >= 15 is 0 Å². The maximum absolute atomic E-state index is 13.1. The summed E-state index contributed by atoms with van der Waals surface area (Å²) in [5, 5.41) is 7.01. The van der Waals surface area contributed by atoms with Gasteiger partial charge in [0.25, 0.3) is 0 Å². The fourth-order valence-electron chi connectivity index (χ4n) is 3.96. The van der Waals surface area contributed by atoms with Crippen molar-refractivity contribution < 1.29 is 12.8 Å². The molecule has 3 atom stereocenters. The number of halogens is 1.